The van der Waals surface area contributed by atoms with Crippen LogP contribution < -0.4 is 10.2 Å². The first-order valence-electron chi connectivity index (χ1n) is 10.1. The molecule has 0 radical (unpaired) electrons. The van der Waals surface area contributed by atoms with Crippen molar-refractivity contribution in [2.75, 3.05) is 64.4 Å². The molecule has 7 nitrogen and oxygen atoms in total. The summed E-state index contributed by atoms with van der Waals surface area (Å²) in [7, 11) is 1.75. The molecule has 1 aromatic carbocycles. The van der Waals surface area contributed by atoms with Gasteiger partial charge in [-0.2, -0.15) is 0 Å². The molecule has 168 valence electrons. The SMILES string of the molecule is CCOC(=O)N1CCN(C(=NC)NCC2CCN(c3ccc(F)c(F)c3)C2)CC1.I. The molecule has 2 aliphatic heterocycles. The number of nitrogens with one attached hydrogen (secondary N) is 1. The van der Waals surface area contributed by atoms with Crippen molar-refractivity contribution < 1.29 is 18.3 Å². The number of anilines is 1. The molecule has 2 saturated heterocycles. The van der Waals surface area contributed by atoms with Gasteiger partial charge in [-0.05, 0) is 31.4 Å². The fourth-order valence-corrected chi connectivity index (χ4v) is 3.80. The van der Waals surface area contributed by atoms with Crippen LogP contribution in [0, 0.1) is 17.6 Å². The van der Waals surface area contributed by atoms with E-state index >= 15 is 0 Å². The van der Waals surface area contributed by atoms with E-state index in [1.807, 2.05) is 0 Å². The number of carbonyl (C=O) groups excluding carboxylic acids is 1. The van der Waals surface area contributed by atoms with Crippen LogP contribution in [0.1, 0.15) is 13.3 Å². The summed E-state index contributed by atoms with van der Waals surface area (Å²) >= 11 is 0. The van der Waals surface area contributed by atoms with Gasteiger partial charge < -0.3 is 24.8 Å². The highest BCUT2D eigenvalue weighted by Crippen LogP contribution is 2.25. The maximum Gasteiger partial charge on any atom is 0.409 e. The van der Waals surface area contributed by atoms with Gasteiger partial charge in [0.25, 0.3) is 0 Å². The van der Waals surface area contributed by atoms with Crippen molar-refractivity contribution in [3.63, 3.8) is 0 Å². The zero-order chi connectivity index (χ0) is 20.8. The van der Waals surface area contributed by atoms with E-state index in [-0.39, 0.29) is 30.1 Å². The Hall–Kier alpha value is -1.85. The van der Waals surface area contributed by atoms with Crippen LogP contribution in [-0.2, 0) is 4.74 Å². The fraction of sp³-hybridized carbons (Fsp3) is 0.600. The highest BCUT2D eigenvalue weighted by Gasteiger charge is 2.26. The summed E-state index contributed by atoms with van der Waals surface area (Å²) in [5.74, 6) is -0.426. The number of aliphatic imine (C=N–C) groups is 1. The first kappa shape index (κ1) is 24.4. The zero-order valence-corrected chi connectivity index (χ0v) is 19.8. The lowest BCUT2D eigenvalue weighted by Gasteiger charge is -2.36. The Morgan fingerprint density at radius 2 is 1.87 bits per heavy atom. The highest BCUT2D eigenvalue weighted by molar-refractivity contribution is 14.0. The number of hydrogen-bond acceptors (Lipinski definition) is 4. The Balaban J connectivity index is 0.00000320. The van der Waals surface area contributed by atoms with Crippen LogP contribution in [0.4, 0.5) is 19.3 Å². The van der Waals surface area contributed by atoms with Gasteiger partial charge >= 0.3 is 6.09 Å². The largest absolute Gasteiger partial charge is 0.450 e. The molecular weight excluding hydrogens is 507 g/mol. The third-order valence-corrected chi connectivity index (χ3v) is 5.42. The van der Waals surface area contributed by atoms with Crippen molar-refractivity contribution in [3.8, 4) is 0 Å². The second-order valence-electron chi connectivity index (χ2n) is 7.30. The molecule has 0 aromatic heterocycles. The minimum Gasteiger partial charge on any atom is -0.450 e. The number of rotatable bonds is 4. The van der Waals surface area contributed by atoms with Crippen molar-refractivity contribution in [2.45, 2.75) is 13.3 Å². The van der Waals surface area contributed by atoms with Gasteiger partial charge in [0, 0.05) is 64.6 Å². The van der Waals surface area contributed by atoms with Crippen LogP contribution in [0.3, 0.4) is 0 Å². The molecule has 0 aliphatic carbocycles. The normalized spacial score (nSPS) is 19.5. The Labute approximate surface area is 193 Å². The molecule has 30 heavy (non-hydrogen) atoms. The number of ether oxygens (including phenoxy) is 1. The topological polar surface area (TPSA) is 60.4 Å². The van der Waals surface area contributed by atoms with E-state index in [9.17, 15) is 13.6 Å². The van der Waals surface area contributed by atoms with Gasteiger partial charge in [0.2, 0.25) is 0 Å². The minimum atomic E-state index is -0.821. The van der Waals surface area contributed by atoms with Gasteiger partial charge in [0.05, 0.1) is 6.61 Å². The molecule has 0 saturated carbocycles. The molecule has 0 bridgehead atoms. The predicted molar refractivity (Wildman–Crippen MR) is 124 cm³/mol. The quantitative estimate of drug-likeness (QED) is 0.364. The number of benzene rings is 1. The molecule has 2 heterocycles. The first-order valence-corrected chi connectivity index (χ1v) is 10.1. The van der Waals surface area contributed by atoms with E-state index in [0.717, 1.165) is 32.0 Å². The Kier molecular flexibility index (Phi) is 9.37. The summed E-state index contributed by atoms with van der Waals surface area (Å²) in [6, 6.07) is 4.05. The molecule has 1 amide bonds. The fourth-order valence-electron chi connectivity index (χ4n) is 3.80. The van der Waals surface area contributed by atoms with Crippen LogP contribution in [-0.4, -0.2) is 81.3 Å². The minimum absolute atomic E-state index is 0. The summed E-state index contributed by atoms with van der Waals surface area (Å²) in [6.45, 7) is 7.14. The van der Waals surface area contributed by atoms with Gasteiger partial charge in [-0.1, -0.05) is 0 Å². The van der Waals surface area contributed by atoms with Crippen molar-refractivity contribution in [1.82, 2.24) is 15.1 Å². The molecule has 2 aliphatic rings. The van der Waals surface area contributed by atoms with E-state index in [0.29, 0.717) is 44.4 Å². The average molecular weight is 537 g/mol. The maximum atomic E-state index is 13.5. The van der Waals surface area contributed by atoms with Gasteiger partial charge in [0.15, 0.2) is 17.6 Å². The Bertz CT molecular complexity index is 744. The Morgan fingerprint density at radius 1 is 1.17 bits per heavy atom. The smallest absolute Gasteiger partial charge is 0.409 e. The average Bonchev–Trinajstić information content (AvgIpc) is 3.20. The highest BCUT2D eigenvalue weighted by atomic mass is 127. The molecular formula is C20H30F2IN5O2. The summed E-state index contributed by atoms with van der Waals surface area (Å²) in [5, 5.41) is 3.42. The number of guanidine groups is 1. The standard InChI is InChI=1S/C20H29F2N5O2.HI/c1-3-29-20(28)26-10-8-25(9-11-26)19(23-2)24-13-15-6-7-27(14-15)16-4-5-17(21)18(22)12-16;/h4-5,12,15H,3,6-11,13-14H2,1-2H3,(H,23,24);1H. The lowest BCUT2D eigenvalue weighted by atomic mass is 10.1. The van der Waals surface area contributed by atoms with Crippen LogP contribution in [0.5, 0.6) is 0 Å². The molecule has 1 atom stereocenters. The van der Waals surface area contributed by atoms with Gasteiger partial charge in [-0.25, -0.2) is 13.6 Å². The molecule has 1 aromatic rings. The summed E-state index contributed by atoms with van der Waals surface area (Å²) in [6.07, 6.45) is 0.706. The summed E-state index contributed by atoms with van der Waals surface area (Å²) in [5.41, 5.74) is 0.714. The number of piperazine rings is 1. The molecule has 1 unspecified atom stereocenters. The van der Waals surface area contributed by atoms with Gasteiger partial charge in [-0.15, -0.1) is 24.0 Å². The Morgan fingerprint density at radius 3 is 2.50 bits per heavy atom. The molecule has 10 heteroatoms. The molecule has 2 fully saturated rings. The second-order valence-corrected chi connectivity index (χ2v) is 7.30. The number of halogens is 3. The monoisotopic (exact) mass is 537 g/mol. The third-order valence-electron chi connectivity index (χ3n) is 5.42. The maximum absolute atomic E-state index is 13.5. The lowest BCUT2D eigenvalue weighted by molar-refractivity contribution is 0.0914. The number of nitrogens with zero attached hydrogens (tertiary/aromatic N) is 4. The zero-order valence-electron chi connectivity index (χ0n) is 17.4. The van der Waals surface area contributed by atoms with E-state index in [1.54, 1.807) is 24.9 Å². The lowest BCUT2D eigenvalue weighted by Crippen LogP contribution is -2.54. The molecule has 3 rings (SSSR count). The van der Waals surface area contributed by atoms with Crippen molar-refractivity contribution in [1.29, 1.82) is 0 Å². The number of hydrogen-bond donors (Lipinski definition) is 1. The second kappa shape index (κ2) is 11.5. The van der Waals surface area contributed by atoms with Crippen LogP contribution in [0.15, 0.2) is 23.2 Å². The summed E-state index contributed by atoms with van der Waals surface area (Å²) < 4.78 is 31.7. The van der Waals surface area contributed by atoms with E-state index in [4.69, 9.17) is 4.74 Å². The van der Waals surface area contributed by atoms with Crippen molar-refractivity contribution in [3.05, 3.63) is 29.8 Å². The molecule has 1 N–H and O–H groups in total. The van der Waals surface area contributed by atoms with Gasteiger partial charge in [-0.3, -0.25) is 4.99 Å². The van der Waals surface area contributed by atoms with Crippen LogP contribution >= 0.6 is 24.0 Å². The number of amides is 1. The predicted octanol–water partition coefficient (Wildman–Crippen LogP) is 2.76. The third kappa shape index (κ3) is 6.08. The van der Waals surface area contributed by atoms with Crippen molar-refractivity contribution in [2.24, 2.45) is 10.9 Å². The van der Waals surface area contributed by atoms with Gasteiger partial charge in [0.1, 0.15) is 0 Å². The van der Waals surface area contributed by atoms with Crippen LogP contribution in [0.2, 0.25) is 0 Å². The summed E-state index contributed by atoms with van der Waals surface area (Å²) in [4.78, 5) is 22.1. The van der Waals surface area contributed by atoms with E-state index in [1.165, 1.54) is 12.1 Å². The van der Waals surface area contributed by atoms with Crippen molar-refractivity contribution >= 4 is 41.7 Å². The van der Waals surface area contributed by atoms with Crippen LogP contribution in [0.25, 0.3) is 0 Å². The number of carbonyl (C=O) groups is 1. The van der Waals surface area contributed by atoms with E-state index in [2.05, 4.69) is 20.1 Å². The first-order chi connectivity index (χ1) is 14.0. The molecule has 0 spiro atoms. The van der Waals surface area contributed by atoms with E-state index < -0.39 is 11.6 Å².